The van der Waals surface area contributed by atoms with E-state index in [2.05, 4.69) is 33.5 Å². The third kappa shape index (κ3) is 6.32. The van der Waals surface area contributed by atoms with Crippen LogP contribution < -0.4 is 0 Å². The third-order valence-electron chi connectivity index (χ3n) is 1.69. The molecule has 11 heavy (non-hydrogen) atoms. The fourth-order valence-electron chi connectivity index (χ4n) is 0.977. The van der Waals surface area contributed by atoms with Gasteiger partial charge in [0, 0.05) is 6.61 Å². The van der Waals surface area contributed by atoms with Gasteiger partial charge in [0.1, 0.15) is 0 Å². The highest BCUT2D eigenvalue weighted by Gasteiger charge is 2.20. The summed E-state index contributed by atoms with van der Waals surface area (Å²) in [4.78, 5) is 0. The summed E-state index contributed by atoms with van der Waals surface area (Å²) in [5.74, 6) is 0. The average molecular weight is 172 g/mol. The zero-order chi connectivity index (χ0) is 8.91. The van der Waals surface area contributed by atoms with Gasteiger partial charge in [0.15, 0.2) is 8.32 Å². The van der Waals surface area contributed by atoms with E-state index < -0.39 is 8.32 Å². The van der Waals surface area contributed by atoms with Crippen molar-refractivity contribution in [2.45, 2.75) is 39.4 Å². The summed E-state index contributed by atoms with van der Waals surface area (Å²) in [5, 5.41) is 0. The van der Waals surface area contributed by atoms with Gasteiger partial charge in [0.25, 0.3) is 0 Å². The van der Waals surface area contributed by atoms with E-state index in [0.29, 0.717) is 0 Å². The van der Waals surface area contributed by atoms with E-state index in [1.807, 2.05) is 0 Å². The maximum absolute atomic E-state index is 5.68. The third-order valence-corrected chi connectivity index (χ3v) is 4.21. The van der Waals surface area contributed by atoms with Crippen molar-refractivity contribution < 1.29 is 4.43 Å². The Hall–Kier alpha value is -0.0831. The van der Waals surface area contributed by atoms with E-state index >= 15 is 0 Å². The lowest BCUT2D eigenvalue weighted by Crippen LogP contribution is -2.29. The van der Waals surface area contributed by atoms with Crippen molar-refractivity contribution in [1.82, 2.24) is 0 Å². The maximum Gasteiger partial charge on any atom is 0.187 e. The van der Waals surface area contributed by atoms with Crippen LogP contribution in [0.2, 0.25) is 19.1 Å². The Morgan fingerprint density at radius 1 is 1.45 bits per heavy atom. The molecular formula is C9H20OSi. The first kappa shape index (κ1) is 10.9. The van der Waals surface area contributed by atoms with Gasteiger partial charge in [-0.25, -0.2) is 0 Å². The molecule has 66 valence electrons. The van der Waals surface area contributed by atoms with E-state index in [-0.39, 0.29) is 0 Å². The van der Waals surface area contributed by atoms with E-state index in [1.54, 1.807) is 0 Å². The van der Waals surface area contributed by atoms with Gasteiger partial charge in [-0.1, -0.05) is 5.57 Å². The molecule has 0 amide bonds. The van der Waals surface area contributed by atoms with E-state index in [9.17, 15) is 0 Å². The highest BCUT2D eigenvalue weighted by atomic mass is 28.4. The Balaban J connectivity index is 3.63. The van der Waals surface area contributed by atoms with Crippen LogP contribution in [0.15, 0.2) is 12.2 Å². The van der Waals surface area contributed by atoms with Gasteiger partial charge in [0.05, 0.1) is 0 Å². The zero-order valence-electron chi connectivity index (χ0n) is 8.24. The predicted octanol–water partition coefficient (Wildman–Crippen LogP) is 3.19. The van der Waals surface area contributed by atoms with Crippen molar-refractivity contribution >= 4 is 8.32 Å². The lowest BCUT2D eigenvalue weighted by molar-refractivity contribution is 0.329. The molecule has 0 aromatic carbocycles. The summed E-state index contributed by atoms with van der Waals surface area (Å²) in [7, 11) is -1.33. The Bertz CT molecular complexity index is 130. The maximum atomic E-state index is 5.68. The highest BCUT2D eigenvalue weighted by Crippen LogP contribution is 2.16. The van der Waals surface area contributed by atoms with E-state index in [4.69, 9.17) is 4.43 Å². The van der Waals surface area contributed by atoms with Gasteiger partial charge in [-0.05, 0) is 39.4 Å². The Labute approximate surface area is 71.6 Å². The molecule has 2 heteroatoms. The van der Waals surface area contributed by atoms with Crippen LogP contribution in [-0.2, 0) is 4.43 Å². The van der Waals surface area contributed by atoms with Crippen LogP contribution in [-0.4, -0.2) is 14.9 Å². The smallest absolute Gasteiger partial charge is 0.187 e. The first-order valence-electron chi connectivity index (χ1n) is 4.26. The molecule has 0 aliphatic heterocycles. The molecule has 0 aromatic rings. The second kappa shape index (κ2) is 4.73. The molecule has 0 unspecified atom stereocenters. The molecule has 0 aliphatic carbocycles. The van der Waals surface area contributed by atoms with Crippen LogP contribution in [0.4, 0.5) is 0 Å². The summed E-state index contributed by atoms with van der Waals surface area (Å²) in [6.45, 7) is 13.4. The molecule has 0 radical (unpaired) electrons. The fraction of sp³-hybridized carbons (Fsp3) is 0.778. The second-order valence-electron chi connectivity index (χ2n) is 3.65. The molecule has 0 N–H and O–H groups in total. The van der Waals surface area contributed by atoms with Crippen LogP contribution >= 0.6 is 0 Å². The molecule has 0 fully saturated rings. The lowest BCUT2D eigenvalue weighted by atomic mass is 10.3. The van der Waals surface area contributed by atoms with Crippen LogP contribution in [0.3, 0.4) is 0 Å². The van der Waals surface area contributed by atoms with Crippen molar-refractivity contribution in [3.8, 4) is 0 Å². The summed E-state index contributed by atoms with van der Waals surface area (Å²) >= 11 is 0. The van der Waals surface area contributed by atoms with Gasteiger partial charge in [-0.15, -0.1) is 6.58 Å². The first-order valence-corrected chi connectivity index (χ1v) is 7.38. The number of hydrogen-bond acceptors (Lipinski definition) is 1. The summed E-state index contributed by atoms with van der Waals surface area (Å²) in [6, 6.07) is 1.20. The van der Waals surface area contributed by atoms with Gasteiger partial charge in [-0.3, -0.25) is 0 Å². The molecule has 0 spiro atoms. The summed E-state index contributed by atoms with van der Waals surface area (Å²) in [6.07, 6.45) is 1.12. The molecule has 0 saturated carbocycles. The molecule has 0 rings (SSSR count). The Morgan fingerprint density at radius 3 is 2.36 bits per heavy atom. The van der Waals surface area contributed by atoms with Crippen molar-refractivity contribution in [1.29, 1.82) is 0 Å². The molecular weight excluding hydrogens is 152 g/mol. The van der Waals surface area contributed by atoms with E-state index in [0.717, 1.165) is 13.0 Å². The van der Waals surface area contributed by atoms with E-state index in [1.165, 1.54) is 11.6 Å². The van der Waals surface area contributed by atoms with Gasteiger partial charge in [0.2, 0.25) is 0 Å². The van der Waals surface area contributed by atoms with Crippen molar-refractivity contribution in [2.24, 2.45) is 0 Å². The largest absolute Gasteiger partial charge is 0.418 e. The minimum Gasteiger partial charge on any atom is -0.418 e. The molecule has 0 atom stereocenters. The average Bonchev–Trinajstić information content (AvgIpc) is 1.84. The van der Waals surface area contributed by atoms with Crippen LogP contribution in [0.5, 0.6) is 0 Å². The zero-order valence-corrected chi connectivity index (χ0v) is 9.24. The quantitative estimate of drug-likeness (QED) is 0.457. The number of hydrogen-bond donors (Lipinski definition) is 0. The Morgan fingerprint density at radius 2 is 2.00 bits per heavy atom. The monoisotopic (exact) mass is 172 g/mol. The van der Waals surface area contributed by atoms with Gasteiger partial charge in [-0.2, -0.15) is 0 Å². The molecule has 0 aromatic heterocycles. The standard InChI is InChI=1S/C9H20OSi/c1-6-10-11(4,5)8-7-9(2)3/h2,6-8H2,1,3-5H3. The Kier molecular flexibility index (Phi) is 4.69. The van der Waals surface area contributed by atoms with Crippen molar-refractivity contribution in [3.05, 3.63) is 12.2 Å². The van der Waals surface area contributed by atoms with Crippen molar-refractivity contribution in [2.75, 3.05) is 6.61 Å². The predicted molar refractivity (Wildman–Crippen MR) is 53.3 cm³/mol. The summed E-state index contributed by atoms with van der Waals surface area (Å²) in [5.41, 5.74) is 1.27. The molecule has 1 nitrogen and oxygen atoms in total. The van der Waals surface area contributed by atoms with Crippen LogP contribution in [0.1, 0.15) is 20.3 Å². The molecule has 0 bridgehead atoms. The second-order valence-corrected chi connectivity index (χ2v) is 7.96. The fourth-order valence-corrected chi connectivity index (χ4v) is 2.93. The van der Waals surface area contributed by atoms with Crippen LogP contribution in [0, 0.1) is 0 Å². The minimum atomic E-state index is -1.33. The van der Waals surface area contributed by atoms with Gasteiger partial charge >= 0.3 is 0 Å². The number of rotatable bonds is 5. The topological polar surface area (TPSA) is 9.23 Å². The first-order chi connectivity index (χ1) is 4.98. The highest BCUT2D eigenvalue weighted by molar-refractivity contribution is 6.71. The normalized spacial score (nSPS) is 11.6. The SMILES string of the molecule is C=C(C)CC[Si](C)(C)OCC. The summed E-state index contributed by atoms with van der Waals surface area (Å²) < 4.78 is 5.68. The lowest BCUT2D eigenvalue weighted by Gasteiger charge is -2.21. The molecule has 0 saturated heterocycles. The minimum absolute atomic E-state index is 0.857. The molecule has 0 heterocycles. The van der Waals surface area contributed by atoms with Crippen molar-refractivity contribution in [3.63, 3.8) is 0 Å². The van der Waals surface area contributed by atoms with Gasteiger partial charge < -0.3 is 4.43 Å². The number of allylic oxidation sites excluding steroid dienone is 1. The molecule has 0 aliphatic rings. The van der Waals surface area contributed by atoms with Crippen LogP contribution in [0.25, 0.3) is 0 Å².